The lowest BCUT2D eigenvalue weighted by atomic mass is 10.2. The second-order valence-corrected chi connectivity index (χ2v) is 4.37. The van der Waals surface area contributed by atoms with Crippen LogP contribution in [0.25, 0.3) is 0 Å². The molecule has 3 heteroatoms. The number of hydrogen-bond acceptors (Lipinski definition) is 1. The van der Waals surface area contributed by atoms with E-state index in [2.05, 4.69) is 15.9 Å². The quantitative estimate of drug-likeness (QED) is 0.737. The van der Waals surface area contributed by atoms with E-state index in [9.17, 15) is 4.39 Å². The van der Waals surface area contributed by atoms with Crippen LogP contribution in [0.15, 0.2) is 42.5 Å². The molecule has 0 radical (unpaired) electrons. The van der Waals surface area contributed by atoms with Gasteiger partial charge in [0.15, 0.2) is 11.6 Å². The van der Waals surface area contributed by atoms with E-state index >= 15 is 0 Å². The second-order valence-electron chi connectivity index (χ2n) is 3.81. The summed E-state index contributed by atoms with van der Waals surface area (Å²) < 4.78 is 19.1. The van der Waals surface area contributed by atoms with Crippen LogP contribution < -0.4 is 4.74 Å². The second kappa shape index (κ2) is 5.32. The predicted octanol–water partition coefficient (Wildman–Crippen LogP) is 4.82. The zero-order valence-corrected chi connectivity index (χ0v) is 11.0. The summed E-state index contributed by atoms with van der Waals surface area (Å²) in [6.07, 6.45) is 0. The lowest BCUT2D eigenvalue weighted by Crippen LogP contribution is -1.90. The Morgan fingerprint density at radius 3 is 2.41 bits per heavy atom. The highest BCUT2D eigenvalue weighted by Crippen LogP contribution is 2.25. The third-order valence-corrected chi connectivity index (χ3v) is 3.05. The van der Waals surface area contributed by atoms with Gasteiger partial charge in [-0.3, -0.25) is 0 Å². The van der Waals surface area contributed by atoms with Gasteiger partial charge >= 0.3 is 0 Å². The molecule has 1 nitrogen and oxygen atoms in total. The van der Waals surface area contributed by atoms with E-state index in [-0.39, 0.29) is 11.6 Å². The standard InChI is InChI=1S/C14H12BrFO/c1-10-2-5-12(6-3-10)17-14-7-4-11(9-15)8-13(14)16/h2-8H,9H2,1H3. The predicted molar refractivity (Wildman–Crippen MR) is 70.3 cm³/mol. The summed E-state index contributed by atoms with van der Waals surface area (Å²) in [6, 6.07) is 12.5. The van der Waals surface area contributed by atoms with Crippen LogP contribution in [0.5, 0.6) is 11.5 Å². The summed E-state index contributed by atoms with van der Waals surface area (Å²) >= 11 is 3.28. The van der Waals surface area contributed by atoms with E-state index in [1.807, 2.05) is 37.3 Å². The summed E-state index contributed by atoms with van der Waals surface area (Å²) in [5.41, 5.74) is 2.03. The van der Waals surface area contributed by atoms with E-state index in [0.29, 0.717) is 11.1 Å². The largest absolute Gasteiger partial charge is 0.454 e. The molecular formula is C14H12BrFO. The molecule has 0 atom stereocenters. The van der Waals surface area contributed by atoms with Gasteiger partial charge in [-0.15, -0.1) is 0 Å². The monoisotopic (exact) mass is 294 g/mol. The normalized spacial score (nSPS) is 10.3. The summed E-state index contributed by atoms with van der Waals surface area (Å²) in [6.45, 7) is 2.00. The van der Waals surface area contributed by atoms with Gasteiger partial charge in [0.1, 0.15) is 5.75 Å². The highest BCUT2D eigenvalue weighted by atomic mass is 79.9. The van der Waals surface area contributed by atoms with Crippen molar-refractivity contribution in [3.8, 4) is 11.5 Å². The first-order valence-corrected chi connectivity index (χ1v) is 6.40. The number of alkyl halides is 1. The molecule has 0 amide bonds. The van der Waals surface area contributed by atoms with E-state index in [1.165, 1.54) is 6.07 Å². The van der Waals surface area contributed by atoms with Gasteiger partial charge in [0.2, 0.25) is 0 Å². The lowest BCUT2D eigenvalue weighted by Gasteiger charge is -2.07. The zero-order valence-electron chi connectivity index (χ0n) is 9.41. The third kappa shape index (κ3) is 3.07. The summed E-state index contributed by atoms with van der Waals surface area (Å²) in [5, 5.41) is 0.634. The minimum absolute atomic E-state index is 0.249. The van der Waals surface area contributed by atoms with Crippen molar-refractivity contribution in [1.82, 2.24) is 0 Å². The maximum absolute atomic E-state index is 13.7. The van der Waals surface area contributed by atoms with Gasteiger partial charge in [-0.1, -0.05) is 39.7 Å². The van der Waals surface area contributed by atoms with E-state index in [0.717, 1.165) is 11.1 Å². The molecule has 0 aliphatic carbocycles. The highest BCUT2D eigenvalue weighted by Gasteiger charge is 2.05. The van der Waals surface area contributed by atoms with Crippen molar-refractivity contribution in [1.29, 1.82) is 0 Å². The SMILES string of the molecule is Cc1ccc(Oc2ccc(CBr)cc2F)cc1. The van der Waals surface area contributed by atoms with Crippen LogP contribution in [0.1, 0.15) is 11.1 Å². The van der Waals surface area contributed by atoms with Crippen LogP contribution in [0.3, 0.4) is 0 Å². The first kappa shape index (κ1) is 12.1. The van der Waals surface area contributed by atoms with Gasteiger partial charge < -0.3 is 4.74 Å². The minimum atomic E-state index is -0.345. The Kier molecular flexibility index (Phi) is 3.79. The average molecular weight is 295 g/mol. The Bertz CT molecular complexity index is 508. The van der Waals surface area contributed by atoms with Crippen LogP contribution in [-0.4, -0.2) is 0 Å². The zero-order chi connectivity index (χ0) is 12.3. The maximum atomic E-state index is 13.7. The molecule has 0 bridgehead atoms. The number of halogens is 2. The van der Waals surface area contributed by atoms with Crippen LogP contribution in [0, 0.1) is 12.7 Å². The Morgan fingerprint density at radius 1 is 1.12 bits per heavy atom. The Labute approximate surface area is 108 Å². The molecule has 0 aliphatic rings. The van der Waals surface area contributed by atoms with Crippen LogP contribution in [0.2, 0.25) is 0 Å². The molecule has 0 aliphatic heterocycles. The molecule has 2 rings (SSSR count). The van der Waals surface area contributed by atoms with Crippen LogP contribution in [0.4, 0.5) is 4.39 Å². The van der Waals surface area contributed by atoms with E-state index in [4.69, 9.17) is 4.74 Å². The molecule has 0 N–H and O–H groups in total. The molecule has 17 heavy (non-hydrogen) atoms. The van der Waals surface area contributed by atoms with Gasteiger partial charge in [-0.2, -0.15) is 0 Å². The van der Waals surface area contributed by atoms with Crippen molar-refractivity contribution in [2.75, 3.05) is 0 Å². The molecule has 0 heterocycles. The molecule has 2 aromatic carbocycles. The fourth-order valence-corrected chi connectivity index (χ4v) is 1.79. The fraction of sp³-hybridized carbons (Fsp3) is 0.143. The smallest absolute Gasteiger partial charge is 0.166 e. The molecule has 0 spiro atoms. The minimum Gasteiger partial charge on any atom is -0.454 e. The number of rotatable bonds is 3. The van der Waals surface area contributed by atoms with Gasteiger partial charge in [0.05, 0.1) is 0 Å². The maximum Gasteiger partial charge on any atom is 0.166 e. The number of benzene rings is 2. The van der Waals surface area contributed by atoms with Crippen molar-refractivity contribution in [3.63, 3.8) is 0 Å². The van der Waals surface area contributed by atoms with E-state index < -0.39 is 0 Å². The Balaban J connectivity index is 2.21. The van der Waals surface area contributed by atoms with Crippen molar-refractivity contribution in [3.05, 3.63) is 59.4 Å². The Hall–Kier alpha value is -1.35. The highest BCUT2D eigenvalue weighted by molar-refractivity contribution is 9.08. The first-order valence-electron chi connectivity index (χ1n) is 5.28. The number of ether oxygens (including phenoxy) is 1. The van der Waals surface area contributed by atoms with Gasteiger partial charge in [-0.25, -0.2) is 4.39 Å². The molecule has 2 aromatic rings. The molecule has 0 saturated carbocycles. The number of hydrogen-bond donors (Lipinski definition) is 0. The average Bonchev–Trinajstić information content (AvgIpc) is 2.34. The van der Waals surface area contributed by atoms with Crippen LogP contribution in [-0.2, 0) is 5.33 Å². The van der Waals surface area contributed by atoms with Crippen molar-refractivity contribution >= 4 is 15.9 Å². The van der Waals surface area contributed by atoms with Crippen molar-refractivity contribution < 1.29 is 9.13 Å². The van der Waals surface area contributed by atoms with Gasteiger partial charge in [-0.05, 0) is 36.8 Å². The van der Waals surface area contributed by atoms with E-state index in [1.54, 1.807) is 6.07 Å². The first-order chi connectivity index (χ1) is 8.19. The number of aryl methyl sites for hydroxylation is 1. The molecule has 0 unspecified atom stereocenters. The lowest BCUT2D eigenvalue weighted by molar-refractivity contribution is 0.442. The molecule has 0 saturated heterocycles. The van der Waals surface area contributed by atoms with Crippen molar-refractivity contribution in [2.24, 2.45) is 0 Å². The van der Waals surface area contributed by atoms with Crippen LogP contribution >= 0.6 is 15.9 Å². The topological polar surface area (TPSA) is 9.23 Å². The summed E-state index contributed by atoms with van der Waals surface area (Å²) in [5.74, 6) is 0.544. The molecule has 0 aromatic heterocycles. The fourth-order valence-electron chi connectivity index (χ4n) is 1.44. The Morgan fingerprint density at radius 2 is 1.82 bits per heavy atom. The molecule has 0 fully saturated rings. The summed E-state index contributed by atoms with van der Waals surface area (Å²) in [4.78, 5) is 0. The van der Waals surface area contributed by atoms with Gasteiger partial charge in [0, 0.05) is 5.33 Å². The molecular weight excluding hydrogens is 283 g/mol. The summed E-state index contributed by atoms with van der Waals surface area (Å²) in [7, 11) is 0. The van der Waals surface area contributed by atoms with Gasteiger partial charge in [0.25, 0.3) is 0 Å². The third-order valence-electron chi connectivity index (χ3n) is 2.40. The van der Waals surface area contributed by atoms with Crippen molar-refractivity contribution in [2.45, 2.75) is 12.3 Å². The molecule has 88 valence electrons.